The molecule has 6 nitrogen and oxygen atoms in total. The molecule has 112 valence electrons. The number of carbonyl (C=O) groups is 3. The van der Waals surface area contributed by atoms with Crippen LogP contribution in [-0.2, 0) is 9.59 Å². The summed E-state index contributed by atoms with van der Waals surface area (Å²) in [6.07, 6.45) is 3.11. The summed E-state index contributed by atoms with van der Waals surface area (Å²) < 4.78 is 0. The van der Waals surface area contributed by atoms with Gasteiger partial charge in [0.15, 0.2) is 5.12 Å². The van der Waals surface area contributed by atoms with Crippen LogP contribution < -0.4 is 10.6 Å². The molecule has 20 heavy (non-hydrogen) atoms. The molecule has 0 aromatic heterocycles. The van der Waals surface area contributed by atoms with Crippen molar-refractivity contribution >= 4 is 40.6 Å². The van der Waals surface area contributed by atoms with Gasteiger partial charge in [0, 0.05) is 17.4 Å². The van der Waals surface area contributed by atoms with Crippen LogP contribution in [0.1, 0.15) is 25.7 Å². The van der Waals surface area contributed by atoms with Gasteiger partial charge in [0.25, 0.3) is 0 Å². The van der Waals surface area contributed by atoms with E-state index >= 15 is 0 Å². The summed E-state index contributed by atoms with van der Waals surface area (Å²) >= 11 is 2.74. The van der Waals surface area contributed by atoms with Crippen molar-refractivity contribution in [2.75, 3.05) is 11.5 Å². The molecule has 3 N–H and O–H groups in total. The fourth-order valence-electron chi connectivity index (χ4n) is 2.47. The van der Waals surface area contributed by atoms with Gasteiger partial charge in [-0.15, -0.1) is 0 Å². The summed E-state index contributed by atoms with van der Waals surface area (Å²) in [5, 5.41) is 14.7. The van der Waals surface area contributed by atoms with Crippen LogP contribution in [0.5, 0.6) is 0 Å². The highest BCUT2D eigenvalue weighted by atomic mass is 32.2. The van der Waals surface area contributed by atoms with E-state index in [4.69, 9.17) is 5.11 Å². The van der Waals surface area contributed by atoms with Crippen LogP contribution in [0.15, 0.2) is 0 Å². The molecule has 0 saturated carbocycles. The second kappa shape index (κ2) is 7.21. The Morgan fingerprint density at radius 3 is 2.90 bits per heavy atom. The summed E-state index contributed by atoms with van der Waals surface area (Å²) in [6, 6.07) is 0.375. The molecule has 2 aliphatic rings. The van der Waals surface area contributed by atoms with Gasteiger partial charge >= 0.3 is 12.0 Å². The molecule has 0 aromatic rings. The Morgan fingerprint density at radius 1 is 1.35 bits per heavy atom. The summed E-state index contributed by atoms with van der Waals surface area (Å²) in [6.45, 7) is 0. The number of carboxylic acids is 1. The number of rotatable bonds is 7. The second-order valence-electron chi connectivity index (χ2n) is 4.92. The van der Waals surface area contributed by atoms with E-state index in [-0.39, 0.29) is 29.0 Å². The molecule has 0 aromatic carbocycles. The molecule has 2 aliphatic heterocycles. The minimum Gasteiger partial charge on any atom is -0.481 e. The zero-order valence-electron chi connectivity index (χ0n) is 11.0. The van der Waals surface area contributed by atoms with Crippen molar-refractivity contribution < 1.29 is 19.5 Å². The normalized spacial score (nSPS) is 27.8. The summed E-state index contributed by atoms with van der Waals surface area (Å²) in [5.74, 6) is -0.165. The molecule has 2 rings (SSSR count). The number of amides is 2. The molecule has 2 heterocycles. The fourth-order valence-corrected chi connectivity index (χ4v) is 4.59. The van der Waals surface area contributed by atoms with Crippen molar-refractivity contribution in [3.8, 4) is 0 Å². The first kappa shape index (κ1) is 15.5. The zero-order valence-corrected chi connectivity index (χ0v) is 12.6. The van der Waals surface area contributed by atoms with Gasteiger partial charge in [-0.25, -0.2) is 4.79 Å². The predicted octanol–water partition coefficient (Wildman–Crippen LogP) is 1.06. The first-order valence-corrected chi connectivity index (χ1v) is 8.66. The van der Waals surface area contributed by atoms with E-state index in [1.807, 2.05) is 11.8 Å². The zero-order chi connectivity index (χ0) is 14.5. The Kier molecular flexibility index (Phi) is 5.59. The third-order valence-corrected chi connectivity index (χ3v) is 5.84. The van der Waals surface area contributed by atoms with Crippen molar-refractivity contribution in [1.29, 1.82) is 0 Å². The molecule has 0 spiro atoms. The number of nitrogens with one attached hydrogen (secondary N) is 2. The average molecular weight is 318 g/mol. The van der Waals surface area contributed by atoms with E-state index in [0.29, 0.717) is 11.7 Å². The Labute approximate surface area is 125 Å². The van der Waals surface area contributed by atoms with Gasteiger partial charge in [0.2, 0.25) is 0 Å². The molecule has 0 radical (unpaired) electrons. The number of unbranched alkanes of at least 4 members (excludes halogenated alkanes) is 1. The van der Waals surface area contributed by atoms with E-state index in [2.05, 4.69) is 10.6 Å². The number of hydrogen-bond acceptors (Lipinski definition) is 5. The lowest BCUT2D eigenvalue weighted by atomic mass is 10.0. The molecular weight excluding hydrogens is 300 g/mol. The number of aliphatic carboxylic acids is 1. The largest absolute Gasteiger partial charge is 0.481 e. The Bertz CT molecular complexity index is 405. The van der Waals surface area contributed by atoms with Crippen LogP contribution in [0.2, 0.25) is 0 Å². The van der Waals surface area contributed by atoms with Crippen molar-refractivity contribution in [2.45, 2.75) is 43.0 Å². The van der Waals surface area contributed by atoms with Crippen LogP contribution in [0, 0.1) is 0 Å². The van der Waals surface area contributed by atoms with Crippen LogP contribution in [0.4, 0.5) is 4.79 Å². The lowest BCUT2D eigenvalue weighted by molar-refractivity contribution is -0.134. The fraction of sp³-hybridized carbons (Fsp3) is 0.750. The smallest absolute Gasteiger partial charge is 0.315 e. The SMILES string of the molecule is O=C(O)CSC(=O)CCCC[C@@H]1SC[C@@H]2NC(=O)N[C@@H]21. The lowest BCUT2D eigenvalue weighted by Crippen LogP contribution is -2.36. The van der Waals surface area contributed by atoms with Crippen molar-refractivity contribution in [3.05, 3.63) is 0 Å². The lowest BCUT2D eigenvalue weighted by Gasteiger charge is -2.16. The van der Waals surface area contributed by atoms with Gasteiger partial charge in [-0.3, -0.25) is 9.59 Å². The second-order valence-corrected chi connectivity index (χ2v) is 7.23. The highest BCUT2D eigenvalue weighted by Gasteiger charge is 2.42. The molecule has 3 atom stereocenters. The molecule has 0 unspecified atom stereocenters. The van der Waals surface area contributed by atoms with Crippen LogP contribution >= 0.6 is 23.5 Å². The molecular formula is C12H18N2O4S2. The topological polar surface area (TPSA) is 95.5 Å². The quantitative estimate of drug-likeness (QED) is 0.480. The third-order valence-electron chi connectivity index (χ3n) is 3.41. The maximum absolute atomic E-state index is 11.4. The van der Waals surface area contributed by atoms with Gasteiger partial charge in [-0.2, -0.15) is 11.8 Å². The van der Waals surface area contributed by atoms with Crippen LogP contribution in [-0.4, -0.2) is 51.1 Å². The van der Waals surface area contributed by atoms with Crippen molar-refractivity contribution in [2.24, 2.45) is 0 Å². The van der Waals surface area contributed by atoms with Gasteiger partial charge in [0.1, 0.15) is 0 Å². The maximum atomic E-state index is 11.4. The third kappa shape index (κ3) is 4.31. The summed E-state index contributed by atoms with van der Waals surface area (Å²) in [4.78, 5) is 32.9. The standard InChI is InChI=1S/C12H18N2O4S2/c15-9(16)6-20-10(17)4-2-1-3-8-11-7(5-19-8)13-12(18)14-11/h7-8,11H,1-6H2,(H,15,16)(H2,13,14,18)/t7-,8-,11-/m0/s1. The van der Waals surface area contributed by atoms with E-state index < -0.39 is 5.97 Å². The van der Waals surface area contributed by atoms with E-state index in [0.717, 1.165) is 36.8 Å². The average Bonchev–Trinajstić information content (AvgIpc) is 2.92. The summed E-state index contributed by atoms with van der Waals surface area (Å²) in [5.41, 5.74) is 0. The molecule has 2 amide bonds. The molecule has 0 bridgehead atoms. The van der Waals surface area contributed by atoms with Crippen LogP contribution in [0.3, 0.4) is 0 Å². The van der Waals surface area contributed by atoms with E-state index in [1.165, 1.54) is 0 Å². The van der Waals surface area contributed by atoms with E-state index in [1.54, 1.807) is 0 Å². The number of carbonyl (C=O) groups excluding carboxylic acids is 2. The van der Waals surface area contributed by atoms with E-state index in [9.17, 15) is 14.4 Å². The Balaban J connectivity index is 1.58. The Morgan fingerprint density at radius 2 is 2.15 bits per heavy atom. The van der Waals surface area contributed by atoms with Gasteiger partial charge in [-0.05, 0) is 12.8 Å². The number of thioether (sulfide) groups is 2. The minimum absolute atomic E-state index is 0.0554. The minimum atomic E-state index is -0.957. The number of hydrogen-bond donors (Lipinski definition) is 3. The van der Waals surface area contributed by atoms with Gasteiger partial charge < -0.3 is 15.7 Å². The summed E-state index contributed by atoms with van der Waals surface area (Å²) in [7, 11) is 0. The van der Waals surface area contributed by atoms with Crippen molar-refractivity contribution in [1.82, 2.24) is 10.6 Å². The molecule has 2 fully saturated rings. The maximum Gasteiger partial charge on any atom is 0.315 e. The first-order valence-electron chi connectivity index (χ1n) is 6.62. The monoisotopic (exact) mass is 318 g/mol. The van der Waals surface area contributed by atoms with Crippen LogP contribution in [0.25, 0.3) is 0 Å². The molecule has 0 aliphatic carbocycles. The highest BCUT2D eigenvalue weighted by Crippen LogP contribution is 2.33. The number of carboxylic acid groups (broad SMARTS) is 1. The first-order chi connectivity index (χ1) is 9.56. The number of fused-ring (bicyclic) bond motifs is 1. The number of urea groups is 1. The van der Waals surface area contributed by atoms with Crippen molar-refractivity contribution in [3.63, 3.8) is 0 Å². The predicted molar refractivity (Wildman–Crippen MR) is 79.1 cm³/mol. The van der Waals surface area contributed by atoms with Gasteiger partial charge in [0.05, 0.1) is 17.8 Å². The highest BCUT2D eigenvalue weighted by molar-refractivity contribution is 8.14. The molecule has 2 saturated heterocycles. The Hall–Kier alpha value is -0.890. The van der Waals surface area contributed by atoms with Gasteiger partial charge in [-0.1, -0.05) is 18.2 Å². The molecule has 8 heteroatoms.